The number of fused-ring (bicyclic) bond motifs is 1. The van der Waals surface area contributed by atoms with Gasteiger partial charge < -0.3 is 20.1 Å². The molecule has 0 radical (unpaired) electrons. The van der Waals surface area contributed by atoms with Gasteiger partial charge in [0, 0.05) is 13.6 Å². The molecule has 3 rings (SSSR count). The number of aliphatic hydroxyl groups is 1. The molecular formula is C19H20N2O4. The van der Waals surface area contributed by atoms with Gasteiger partial charge in [-0.05, 0) is 29.3 Å². The van der Waals surface area contributed by atoms with Crippen molar-refractivity contribution in [2.24, 2.45) is 0 Å². The number of aliphatic hydroxyl groups excluding tert-OH is 1. The number of rotatable bonds is 6. The Morgan fingerprint density at radius 1 is 1.24 bits per heavy atom. The maximum Gasteiger partial charge on any atom is 0.289 e. The first-order chi connectivity index (χ1) is 12.1. The third kappa shape index (κ3) is 3.74. The summed E-state index contributed by atoms with van der Waals surface area (Å²) < 4.78 is 5.70. The molecule has 2 amide bonds. The van der Waals surface area contributed by atoms with Crippen molar-refractivity contribution in [1.82, 2.24) is 10.2 Å². The molecule has 6 heteroatoms. The van der Waals surface area contributed by atoms with Crippen LogP contribution in [-0.2, 0) is 9.59 Å². The zero-order valence-corrected chi connectivity index (χ0v) is 14.0. The SMILES string of the molecule is CN1CC(C(=O)NCCCOc2ccc3ccccc3c2)=C(O)C1=O. The average molecular weight is 340 g/mol. The number of benzene rings is 2. The Hall–Kier alpha value is -3.02. The number of carbonyl (C=O) groups excluding carboxylic acids is 2. The van der Waals surface area contributed by atoms with Gasteiger partial charge in [-0.25, -0.2) is 0 Å². The first-order valence-electron chi connectivity index (χ1n) is 8.13. The second-order valence-corrected chi connectivity index (χ2v) is 5.96. The number of nitrogens with one attached hydrogen (secondary N) is 1. The Morgan fingerprint density at radius 2 is 2.00 bits per heavy atom. The Kier molecular flexibility index (Phi) is 4.88. The molecule has 1 aliphatic heterocycles. The van der Waals surface area contributed by atoms with E-state index < -0.39 is 17.6 Å². The monoisotopic (exact) mass is 340 g/mol. The molecule has 2 N–H and O–H groups in total. The van der Waals surface area contributed by atoms with Gasteiger partial charge in [0.25, 0.3) is 11.8 Å². The molecular weight excluding hydrogens is 320 g/mol. The van der Waals surface area contributed by atoms with Gasteiger partial charge in [-0.1, -0.05) is 30.3 Å². The fourth-order valence-electron chi connectivity index (χ4n) is 2.70. The van der Waals surface area contributed by atoms with Gasteiger partial charge >= 0.3 is 0 Å². The van der Waals surface area contributed by atoms with Crippen molar-refractivity contribution in [2.45, 2.75) is 6.42 Å². The van der Waals surface area contributed by atoms with Crippen molar-refractivity contribution < 1.29 is 19.4 Å². The van der Waals surface area contributed by atoms with E-state index in [0.717, 1.165) is 16.5 Å². The number of carbonyl (C=O) groups is 2. The minimum Gasteiger partial charge on any atom is -0.503 e. The van der Waals surface area contributed by atoms with E-state index in [1.807, 2.05) is 42.5 Å². The maximum absolute atomic E-state index is 12.0. The lowest BCUT2D eigenvalue weighted by Gasteiger charge is -2.09. The first kappa shape index (κ1) is 16.8. The highest BCUT2D eigenvalue weighted by Crippen LogP contribution is 2.20. The zero-order chi connectivity index (χ0) is 17.8. The number of ether oxygens (including phenoxy) is 1. The summed E-state index contributed by atoms with van der Waals surface area (Å²) in [6.45, 7) is 0.994. The van der Waals surface area contributed by atoms with Crippen LogP contribution in [0.4, 0.5) is 0 Å². The average Bonchev–Trinajstić information content (AvgIpc) is 2.88. The summed E-state index contributed by atoms with van der Waals surface area (Å²) in [5, 5.41) is 14.6. The summed E-state index contributed by atoms with van der Waals surface area (Å²) in [4.78, 5) is 24.7. The van der Waals surface area contributed by atoms with Crippen LogP contribution in [0.2, 0.25) is 0 Å². The predicted octanol–water partition coefficient (Wildman–Crippen LogP) is 2.01. The van der Waals surface area contributed by atoms with Gasteiger partial charge in [-0.3, -0.25) is 9.59 Å². The molecule has 6 nitrogen and oxygen atoms in total. The van der Waals surface area contributed by atoms with E-state index in [-0.39, 0.29) is 12.1 Å². The van der Waals surface area contributed by atoms with E-state index in [0.29, 0.717) is 19.6 Å². The molecule has 2 aromatic rings. The molecule has 0 aromatic heterocycles. The third-order valence-electron chi connectivity index (χ3n) is 4.10. The fraction of sp³-hybridized carbons (Fsp3) is 0.263. The van der Waals surface area contributed by atoms with E-state index in [9.17, 15) is 14.7 Å². The highest BCUT2D eigenvalue weighted by molar-refractivity contribution is 6.06. The van der Waals surface area contributed by atoms with E-state index in [1.165, 1.54) is 11.9 Å². The van der Waals surface area contributed by atoms with Gasteiger partial charge in [-0.2, -0.15) is 0 Å². The number of likely N-dealkylation sites (N-methyl/N-ethyl adjacent to an activating group) is 1. The molecule has 130 valence electrons. The van der Waals surface area contributed by atoms with Gasteiger partial charge in [0.2, 0.25) is 0 Å². The minimum absolute atomic E-state index is 0.114. The normalized spacial score (nSPS) is 14.3. The lowest BCUT2D eigenvalue weighted by molar-refractivity contribution is -0.126. The summed E-state index contributed by atoms with van der Waals surface area (Å²) in [6.07, 6.45) is 0.621. The Labute approximate surface area is 145 Å². The highest BCUT2D eigenvalue weighted by Gasteiger charge is 2.31. The molecule has 0 unspecified atom stereocenters. The van der Waals surface area contributed by atoms with Crippen molar-refractivity contribution >= 4 is 22.6 Å². The van der Waals surface area contributed by atoms with Crippen molar-refractivity contribution in [3.63, 3.8) is 0 Å². The summed E-state index contributed by atoms with van der Waals surface area (Å²) in [6, 6.07) is 14.0. The Bertz CT molecular complexity index is 844. The molecule has 0 saturated carbocycles. The van der Waals surface area contributed by atoms with Crippen LogP contribution in [0.25, 0.3) is 10.8 Å². The minimum atomic E-state index is -0.523. The molecule has 1 heterocycles. The lowest BCUT2D eigenvalue weighted by Crippen LogP contribution is -2.29. The summed E-state index contributed by atoms with van der Waals surface area (Å²) in [5.41, 5.74) is 0.114. The smallest absolute Gasteiger partial charge is 0.289 e. The van der Waals surface area contributed by atoms with Crippen LogP contribution in [0, 0.1) is 0 Å². The molecule has 0 fully saturated rings. The van der Waals surface area contributed by atoms with Crippen LogP contribution < -0.4 is 10.1 Å². The number of nitrogens with zero attached hydrogens (tertiary/aromatic N) is 1. The van der Waals surface area contributed by atoms with Gasteiger partial charge in [0.15, 0.2) is 5.76 Å². The van der Waals surface area contributed by atoms with Crippen molar-refractivity contribution in [3.05, 3.63) is 53.8 Å². The topological polar surface area (TPSA) is 78.9 Å². The predicted molar refractivity (Wildman–Crippen MR) is 94.4 cm³/mol. The molecule has 0 aliphatic carbocycles. The molecule has 25 heavy (non-hydrogen) atoms. The Balaban J connectivity index is 1.44. The molecule has 1 aliphatic rings. The van der Waals surface area contributed by atoms with Crippen LogP contribution >= 0.6 is 0 Å². The second-order valence-electron chi connectivity index (χ2n) is 5.96. The van der Waals surface area contributed by atoms with Crippen LogP contribution in [0.3, 0.4) is 0 Å². The molecule has 0 saturated heterocycles. The van der Waals surface area contributed by atoms with Crippen molar-refractivity contribution in [3.8, 4) is 5.75 Å². The van der Waals surface area contributed by atoms with Crippen LogP contribution in [-0.4, -0.2) is 48.6 Å². The summed E-state index contributed by atoms with van der Waals surface area (Å²) in [5.74, 6) is -0.619. The second kappa shape index (κ2) is 7.25. The fourth-order valence-corrected chi connectivity index (χ4v) is 2.70. The standard InChI is InChI=1S/C19H20N2O4/c1-21-12-16(17(22)19(21)24)18(23)20-9-4-10-25-15-8-7-13-5-2-3-6-14(13)11-15/h2-3,5-8,11,22H,4,9-10,12H2,1H3,(H,20,23). The number of hydrogen-bond acceptors (Lipinski definition) is 4. The van der Waals surface area contributed by atoms with E-state index in [4.69, 9.17) is 4.74 Å². The quantitative estimate of drug-likeness (QED) is 0.789. The van der Waals surface area contributed by atoms with Crippen molar-refractivity contribution in [2.75, 3.05) is 26.7 Å². The van der Waals surface area contributed by atoms with Gasteiger partial charge in [0.05, 0.1) is 18.7 Å². The largest absolute Gasteiger partial charge is 0.503 e. The van der Waals surface area contributed by atoms with E-state index in [2.05, 4.69) is 5.32 Å². The third-order valence-corrected chi connectivity index (χ3v) is 4.10. The van der Waals surface area contributed by atoms with E-state index in [1.54, 1.807) is 0 Å². The maximum atomic E-state index is 12.0. The van der Waals surface area contributed by atoms with Crippen LogP contribution in [0.1, 0.15) is 6.42 Å². The number of amides is 2. The van der Waals surface area contributed by atoms with Crippen LogP contribution in [0.15, 0.2) is 53.8 Å². The van der Waals surface area contributed by atoms with Gasteiger partial charge in [0.1, 0.15) is 5.75 Å². The van der Waals surface area contributed by atoms with Crippen molar-refractivity contribution in [1.29, 1.82) is 0 Å². The van der Waals surface area contributed by atoms with Gasteiger partial charge in [-0.15, -0.1) is 0 Å². The molecule has 0 spiro atoms. The summed E-state index contributed by atoms with van der Waals surface area (Å²) in [7, 11) is 1.54. The molecule has 2 aromatic carbocycles. The Morgan fingerprint density at radius 3 is 2.72 bits per heavy atom. The molecule has 0 atom stereocenters. The first-order valence-corrected chi connectivity index (χ1v) is 8.13. The van der Waals surface area contributed by atoms with E-state index >= 15 is 0 Å². The van der Waals surface area contributed by atoms with Crippen LogP contribution in [0.5, 0.6) is 5.75 Å². The number of hydrogen-bond donors (Lipinski definition) is 2. The lowest BCUT2D eigenvalue weighted by atomic mass is 10.1. The molecule has 0 bridgehead atoms. The highest BCUT2D eigenvalue weighted by atomic mass is 16.5. The summed E-state index contributed by atoms with van der Waals surface area (Å²) >= 11 is 0. The zero-order valence-electron chi connectivity index (χ0n) is 14.0.